The minimum atomic E-state index is 0.669. The average molecular weight is 308 g/mol. The average Bonchev–Trinajstić information content (AvgIpc) is 2.38. The van der Waals surface area contributed by atoms with Gasteiger partial charge in [0.1, 0.15) is 0 Å². The van der Waals surface area contributed by atoms with Gasteiger partial charge < -0.3 is 4.90 Å². The van der Waals surface area contributed by atoms with Gasteiger partial charge in [-0.25, -0.2) is 0 Å². The molecule has 2 aromatic carbocycles. The van der Waals surface area contributed by atoms with Crippen LogP contribution >= 0.6 is 23.2 Å². The van der Waals surface area contributed by atoms with Gasteiger partial charge in [-0.15, -0.1) is 0 Å². The van der Waals surface area contributed by atoms with Gasteiger partial charge in [0.15, 0.2) is 0 Å². The van der Waals surface area contributed by atoms with Crippen molar-refractivity contribution in [2.75, 3.05) is 20.6 Å². The van der Waals surface area contributed by atoms with Crippen molar-refractivity contribution in [2.24, 2.45) is 0 Å². The second-order valence-electron chi connectivity index (χ2n) is 5.26. The predicted molar refractivity (Wildman–Crippen MR) is 88.8 cm³/mol. The minimum Gasteiger partial charge on any atom is -0.309 e. The fraction of sp³-hybridized carbons (Fsp3) is 0.294. The minimum absolute atomic E-state index is 0.669. The summed E-state index contributed by atoms with van der Waals surface area (Å²) in [7, 11) is 4.21. The molecule has 2 rings (SSSR count). The molecule has 3 heteroatoms. The summed E-state index contributed by atoms with van der Waals surface area (Å²) in [5.41, 5.74) is 3.57. The largest absolute Gasteiger partial charge is 0.309 e. The molecule has 0 fully saturated rings. The van der Waals surface area contributed by atoms with Crippen molar-refractivity contribution in [3.63, 3.8) is 0 Å². The van der Waals surface area contributed by atoms with Crippen LogP contribution in [0.5, 0.6) is 0 Å². The SMILES string of the molecule is CN(C)CCCc1ccc(-c2cc(Cl)cc(Cl)c2)cc1. The Morgan fingerprint density at radius 1 is 0.850 bits per heavy atom. The summed E-state index contributed by atoms with van der Waals surface area (Å²) in [6.45, 7) is 1.12. The van der Waals surface area contributed by atoms with E-state index >= 15 is 0 Å². The fourth-order valence-electron chi connectivity index (χ4n) is 2.18. The van der Waals surface area contributed by atoms with E-state index in [9.17, 15) is 0 Å². The Balaban J connectivity index is 2.07. The molecule has 0 aliphatic carbocycles. The maximum absolute atomic E-state index is 6.04. The Kier molecular flexibility index (Phi) is 5.47. The smallest absolute Gasteiger partial charge is 0.0426 e. The Labute approximate surface area is 131 Å². The molecule has 0 radical (unpaired) electrons. The van der Waals surface area contributed by atoms with E-state index in [2.05, 4.69) is 43.3 Å². The van der Waals surface area contributed by atoms with Crippen molar-refractivity contribution >= 4 is 23.2 Å². The highest BCUT2D eigenvalue weighted by Crippen LogP contribution is 2.27. The van der Waals surface area contributed by atoms with E-state index < -0.39 is 0 Å². The number of nitrogens with zero attached hydrogens (tertiary/aromatic N) is 1. The Morgan fingerprint density at radius 3 is 2.00 bits per heavy atom. The van der Waals surface area contributed by atoms with Crippen molar-refractivity contribution in [3.8, 4) is 11.1 Å². The van der Waals surface area contributed by atoms with Gasteiger partial charge in [-0.2, -0.15) is 0 Å². The second-order valence-corrected chi connectivity index (χ2v) is 6.13. The molecule has 0 spiro atoms. The molecule has 0 aromatic heterocycles. The quantitative estimate of drug-likeness (QED) is 0.738. The van der Waals surface area contributed by atoms with Crippen LogP contribution in [-0.2, 0) is 6.42 Å². The summed E-state index contributed by atoms with van der Waals surface area (Å²) in [5, 5.41) is 1.34. The molecule has 20 heavy (non-hydrogen) atoms. The molecule has 2 aromatic rings. The maximum Gasteiger partial charge on any atom is 0.0426 e. The molecule has 0 atom stereocenters. The van der Waals surface area contributed by atoms with E-state index in [1.54, 1.807) is 6.07 Å². The lowest BCUT2D eigenvalue weighted by atomic mass is 10.0. The first-order chi connectivity index (χ1) is 9.54. The lowest BCUT2D eigenvalue weighted by molar-refractivity contribution is 0.400. The number of aryl methyl sites for hydroxylation is 1. The lowest BCUT2D eigenvalue weighted by Gasteiger charge is -2.09. The summed E-state index contributed by atoms with van der Waals surface area (Å²) in [5.74, 6) is 0. The first kappa shape index (κ1) is 15.4. The Bertz CT molecular complexity index is 541. The van der Waals surface area contributed by atoms with Gasteiger partial charge in [0, 0.05) is 10.0 Å². The summed E-state index contributed by atoms with van der Waals surface area (Å²) in [6.07, 6.45) is 2.28. The molecule has 0 saturated heterocycles. The van der Waals surface area contributed by atoms with E-state index in [1.165, 1.54) is 12.0 Å². The van der Waals surface area contributed by atoms with Crippen LogP contribution in [0.2, 0.25) is 10.0 Å². The highest BCUT2D eigenvalue weighted by molar-refractivity contribution is 6.35. The van der Waals surface area contributed by atoms with Crippen molar-refractivity contribution in [3.05, 3.63) is 58.1 Å². The van der Waals surface area contributed by atoms with Crippen LogP contribution in [0.1, 0.15) is 12.0 Å². The van der Waals surface area contributed by atoms with Crippen molar-refractivity contribution in [1.29, 1.82) is 0 Å². The molecule has 0 unspecified atom stereocenters. The zero-order valence-corrected chi connectivity index (χ0v) is 13.4. The molecule has 0 amide bonds. The molecule has 0 saturated carbocycles. The van der Waals surface area contributed by atoms with Crippen LogP contribution in [0.25, 0.3) is 11.1 Å². The maximum atomic E-state index is 6.04. The molecule has 0 N–H and O–H groups in total. The molecule has 0 bridgehead atoms. The molecular weight excluding hydrogens is 289 g/mol. The third-order valence-electron chi connectivity index (χ3n) is 3.22. The first-order valence-corrected chi connectivity index (χ1v) is 7.50. The summed E-state index contributed by atoms with van der Waals surface area (Å²) in [6, 6.07) is 14.3. The van der Waals surface area contributed by atoms with E-state index in [1.807, 2.05) is 12.1 Å². The summed E-state index contributed by atoms with van der Waals surface area (Å²) >= 11 is 12.1. The third kappa shape index (κ3) is 4.52. The van der Waals surface area contributed by atoms with Crippen LogP contribution < -0.4 is 0 Å². The Morgan fingerprint density at radius 2 is 1.45 bits per heavy atom. The van der Waals surface area contributed by atoms with Crippen LogP contribution in [0.4, 0.5) is 0 Å². The zero-order valence-electron chi connectivity index (χ0n) is 11.9. The van der Waals surface area contributed by atoms with Crippen LogP contribution in [0.3, 0.4) is 0 Å². The molecule has 1 nitrogen and oxygen atoms in total. The van der Waals surface area contributed by atoms with E-state index in [0.29, 0.717) is 10.0 Å². The zero-order chi connectivity index (χ0) is 14.5. The third-order valence-corrected chi connectivity index (χ3v) is 3.66. The van der Waals surface area contributed by atoms with E-state index in [-0.39, 0.29) is 0 Å². The van der Waals surface area contributed by atoms with Gasteiger partial charge >= 0.3 is 0 Å². The van der Waals surface area contributed by atoms with Gasteiger partial charge in [-0.05, 0) is 68.4 Å². The number of hydrogen-bond donors (Lipinski definition) is 0. The van der Waals surface area contributed by atoms with Crippen LogP contribution in [0.15, 0.2) is 42.5 Å². The molecule has 0 heterocycles. The predicted octanol–water partition coefficient (Wildman–Crippen LogP) is 5.15. The van der Waals surface area contributed by atoms with Crippen molar-refractivity contribution in [1.82, 2.24) is 4.90 Å². The molecular formula is C17H19Cl2N. The standard InChI is InChI=1S/C17H19Cl2N/c1-20(2)9-3-4-13-5-7-14(8-6-13)15-10-16(18)12-17(19)11-15/h5-8,10-12H,3-4,9H2,1-2H3. The number of hydrogen-bond acceptors (Lipinski definition) is 1. The lowest BCUT2D eigenvalue weighted by Crippen LogP contribution is -2.13. The van der Waals surface area contributed by atoms with Gasteiger partial charge in [0.25, 0.3) is 0 Å². The number of rotatable bonds is 5. The monoisotopic (exact) mass is 307 g/mol. The van der Waals surface area contributed by atoms with Crippen LogP contribution in [0, 0.1) is 0 Å². The van der Waals surface area contributed by atoms with E-state index in [0.717, 1.165) is 24.1 Å². The van der Waals surface area contributed by atoms with Gasteiger partial charge in [-0.3, -0.25) is 0 Å². The summed E-state index contributed by atoms with van der Waals surface area (Å²) < 4.78 is 0. The number of halogens is 2. The van der Waals surface area contributed by atoms with E-state index in [4.69, 9.17) is 23.2 Å². The number of benzene rings is 2. The normalized spacial score (nSPS) is 11.1. The first-order valence-electron chi connectivity index (χ1n) is 6.75. The fourth-order valence-corrected chi connectivity index (χ4v) is 2.71. The second kappa shape index (κ2) is 7.12. The molecule has 0 aliphatic rings. The molecule has 106 valence electrons. The molecule has 0 aliphatic heterocycles. The van der Waals surface area contributed by atoms with Crippen molar-refractivity contribution < 1.29 is 0 Å². The topological polar surface area (TPSA) is 3.24 Å². The van der Waals surface area contributed by atoms with Gasteiger partial charge in [-0.1, -0.05) is 47.5 Å². The van der Waals surface area contributed by atoms with Gasteiger partial charge in [0.05, 0.1) is 0 Å². The Hall–Kier alpha value is -1.02. The van der Waals surface area contributed by atoms with Crippen molar-refractivity contribution in [2.45, 2.75) is 12.8 Å². The highest BCUT2D eigenvalue weighted by Gasteiger charge is 2.02. The summed E-state index contributed by atoms with van der Waals surface area (Å²) in [4.78, 5) is 2.21. The van der Waals surface area contributed by atoms with Gasteiger partial charge in [0.2, 0.25) is 0 Å². The highest BCUT2D eigenvalue weighted by atomic mass is 35.5. The van der Waals surface area contributed by atoms with Crippen LogP contribution in [-0.4, -0.2) is 25.5 Å².